The van der Waals surface area contributed by atoms with Gasteiger partial charge >= 0.3 is 6.18 Å². The van der Waals surface area contributed by atoms with E-state index < -0.39 is 30.1 Å². The molecule has 0 aliphatic carbocycles. The van der Waals surface area contributed by atoms with Crippen LogP contribution in [0.25, 0.3) is 0 Å². The average Bonchev–Trinajstić information content (AvgIpc) is 2.37. The zero-order valence-corrected chi connectivity index (χ0v) is 10.3. The largest absolute Gasteiger partial charge is 0.482 e. The standard InChI is InChI=1S/C11H9F4N5O/c12-6-1-2-9(21-5-11(13,14)15)7(3-6)19-20-8(4-16)10(17)18/h1-3,19H,5H2,(H3,17,18)/b20-8+. The summed E-state index contributed by atoms with van der Waals surface area (Å²) in [5, 5.41) is 19.0. The van der Waals surface area contributed by atoms with Gasteiger partial charge in [-0.1, -0.05) is 0 Å². The fraction of sp³-hybridized carbons (Fsp3) is 0.182. The van der Waals surface area contributed by atoms with Crippen molar-refractivity contribution in [3.8, 4) is 11.8 Å². The molecule has 0 amide bonds. The molecule has 0 heterocycles. The quantitative estimate of drug-likeness (QED) is 0.334. The molecule has 4 N–H and O–H groups in total. The molecule has 0 atom stereocenters. The Morgan fingerprint density at radius 2 is 2.14 bits per heavy atom. The molecule has 21 heavy (non-hydrogen) atoms. The average molecular weight is 303 g/mol. The van der Waals surface area contributed by atoms with E-state index in [9.17, 15) is 17.6 Å². The van der Waals surface area contributed by atoms with Crippen LogP contribution in [0.5, 0.6) is 5.75 Å². The Balaban J connectivity index is 2.98. The van der Waals surface area contributed by atoms with E-state index in [-0.39, 0.29) is 11.4 Å². The molecule has 1 rings (SSSR count). The van der Waals surface area contributed by atoms with E-state index in [1.54, 1.807) is 0 Å². The minimum atomic E-state index is -4.56. The molecule has 0 unspecified atom stereocenters. The van der Waals surface area contributed by atoms with Crippen LogP contribution in [0.3, 0.4) is 0 Å². The fourth-order valence-electron chi connectivity index (χ4n) is 1.14. The molecule has 0 radical (unpaired) electrons. The molecule has 0 saturated heterocycles. The number of amidine groups is 1. The summed E-state index contributed by atoms with van der Waals surface area (Å²) < 4.78 is 53.9. The molecule has 0 bridgehead atoms. The number of hydrogen-bond donors (Lipinski definition) is 3. The molecule has 1 aromatic rings. The van der Waals surface area contributed by atoms with E-state index in [1.165, 1.54) is 6.07 Å². The lowest BCUT2D eigenvalue weighted by molar-refractivity contribution is -0.153. The van der Waals surface area contributed by atoms with Crippen molar-refractivity contribution in [2.75, 3.05) is 12.0 Å². The van der Waals surface area contributed by atoms with E-state index in [0.29, 0.717) is 0 Å². The predicted octanol–water partition coefficient (Wildman–Crippen LogP) is 1.99. The van der Waals surface area contributed by atoms with Gasteiger partial charge in [-0.05, 0) is 12.1 Å². The molecule has 0 saturated carbocycles. The number of ether oxygens (including phenoxy) is 1. The Kier molecular flexibility index (Phi) is 5.06. The Morgan fingerprint density at radius 1 is 1.48 bits per heavy atom. The van der Waals surface area contributed by atoms with E-state index in [2.05, 4.69) is 15.3 Å². The van der Waals surface area contributed by atoms with Crippen molar-refractivity contribution < 1.29 is 22.3 Å². The Morgan fingerprint density at radius 3 is 2.67 bits per heavy atom. The summed E-state index contributed by atoms with van der Waals surface area (Å²) in [5.41, 5.74) is 6.41. The topological polar surface area (TPSA) is 107 Å². The smallest absolute Gasteiger partial charge is 0.422 e. The maximum atomic E-state index is 13.1. The van der Waals surface area contributed by atoms with Gasteiger partial charge in [0, 0.05) is 6.07 Å². The number of nitrogens with zero attached hydrogens (tertiary/aromatic N) is 2. The van der Waals surface area contributed by atoms with Gasteiger partial charge < -0.3 is 10.5 Å². The number of halogens is 4. The fourth-order valence-corrected chi connectivity index (χ4v) is 1.14. The molecule has 0 aromatic heterocycles. The van der Waals surface area contributed by atoms with Crippen LogP contribution in [0.2, 0.25) is 0 Å². The van der Waals surface area contributed by atoms with E-state index in [4.69, 9.17) is 16.4 Å². The van der Waals surface area contributed by atoms with E-state index in [0.717, 1.165) is 18.2 Å². The van der Waals surface area contributed by atoms with Gasteiger partial charge in [-0.2, -0.15) is 23.5 Å². The molecule has 112 valence electrons. The SMILES string of the molecule is N#C/C(=N\Nc1cc(F)ccc1OCC(F)(F)F)C(=N)N. The normalized spacial score (nSPS) is 11.7. The molecule has 10 heteroatoms. The monoisotopic (exact) mass is 303 g/mol. The maximum absolute atomic E-state index is 13.1. The van der Waals surface area contributed by atoms with Crippen LogP contribution in [-0.4, -0.2) is 24.3 Å². The minimum Gasteiger partial charge on any atom is -0.482 e. The van der Waals surface area contributed by atoms with Crippen LogP contribution in [0.4, 0.5) is 23.2 Å². The third-order valence-electron chi connectivity index (χ3n) is 1.98. The van der Waals surface area contributed by atoms with Gasteiger partial charge in [0.2, 0.25) is 5.71 Å². The van der Waals surface area contributed by atoms with Crippen molar-refractivity contribution in [2.45, 2.75) is 6.18 Å². The number of nitrogens with one attached hydrogen (secondary N) is 2. The number of anilines is 1. The third-order valence-corrected chi connectivity index (χ3v) is 1.98. The van der Waals surface area contributed by atoms with Crippen molar-refractivity contribution in [2.24, 2.45) is 10.8 Å². The van der Waals surface area contributed by atoms with Crippen LogP contribution in [0.15, 0.2) is 23.3 Å². The lowest BCUT2D eigenvalue weighted by Crippen LogP contribution is -2.22. The van der Waals surface area contributed by atoms with Gasteiger partial charge in [0.25, 0.3) is 0 Å². The summed E-state index contributed by atoms with van der Waals surface area (Å²) in [4.78, 5) is 0. The van der Waals surface area contributed by atoms with Crippen LogP contribution in [0.1, 0.15) is 0 Å². The van der Waals surface area contributed by atoms with Crippen LogP contribution in [0, 0.1) is 22.6 Å². The van der Waals surface area contributed by atoms with Crippen molar-refractivity contribution >= 4 is 17.2 Å². The van der Waals surface area contributed by atoms with Crippen LogP contribution >= 0.6 is 0 Å². The minimum absolute atomic E-state index is 0.242. The van der Waals surface area contributed by atoms with E-state index >= 15 is 0 Å². The van der Waals surface area contributed by atoms with Crippen LogP contribution < -0.4 is 15.9 Å². The second-order valence-electron chi connectivity index (χ2n) is 3.64. The van der Waals surface area contributed by atoms with Gasteiger partial charge in [0.05, 0.1) is 0 Å². The Labute approximate surface area is 116 Å². The first-order chi connectivity index (χ1) is 9.73. The highest BCUT2D eigenvalue weighted by Crippen LogP contribution is 2.27. The molecule has 6 nitrogen and oxygen atoms in total. The number of nitriles is 1. The van der Waals surface area contributed by atoms with Crippen molar-refractivity contribution in [1.29, 1.82) is 10.7 Å². The number of nitrogens with two attached hydrogens (primary N) is 1. The lowest BCUT2D eigenvalue weighted by Gasteiger charge is -2.12. The van der Waals surface area contributed by atoms with Gasteiger partial charge in [0.15, 0.2) is 12.4 Å². The number of hydrazone groups is 1. The second-order valence-corrected chi connectivity index (χ2v) is 3.64. The maximum Gasteiger partial charge on any atom is 0.422 e. The third kappa shape index (κ3) is 5.35. The number of rotatable bonds is 5. The number of alkyl halides is 3. The molecule has 0 aliphatic rings. The highest BCUT2D eigenvalue weighted by Gasteiger charge is 2.28. The molecule has 0 fully saturated rings. The number of benzene rings is 1. The predicted molar refractivity (Wildman–Crippen MR) is 66.5 cm³/mol. The second kappa shape index (κ2) is 6.56. The van der Waals surface area contributed by atoms with Crippen molar-refractivity contribution in [1.82, 2.24) is 0 Å². The summed E-state index contributed by atoms with van der Waals surface area (Å²) in [5.74, 6) is -1.73. The Bertz CT molecular complexity index is 606. The Hall–Kier alpha value is -2.83. The molecular weight excluding hydrogens is 294 g/mol. The zero-order valence-electron chi connectivity index (χ0n) is 10.3. The molecule has 0 aliphatic heterocycles. The van der Waals surface area contributed by atoms with Crippen molar-refractivity contribution in [3.63, 3.8) is 0 Å². The highest BCUT2D eigenvalue weighted by molar-refractivity contribution is 6.45. The summed E-state index contributed by atoms with van der Waals surface area (Å²) >= 11 is 0. The van der Waals surface area contributed by atoms with Gasteiger partial charge in [-0.15, -0.1) is 0 Å². The highest BCUT2D eigenvalue weighted by atomic mass is 19.4. The molecule has 1 aromatic carbocycles. The molecular formula is C11H9F4N5O. The summed E-state index contributed by atoms with van der Waals surface area (Å²) in [6.45, 7) is -1.57. The van der Waals surface area contributed by atoms with Crippen molar-refractivity contribution in [3.05, 3.63) is 24.0 Å². The van der Waals surface area contributed by atoms with Crippen LogP contribution in [-0.2, 0) is 0 Å². The summed E-state index contributed by atoms with van der Waals surface area (Å²) in [6, 6.07) is 4.18. The molecule has 0 spiro atoms. The van der Waals surface area contributed by atoms with E-state index in [1.807, 2.05) is 0 Å². The first kappa shape index (κ1) is 16.2. The van der Waals surface area contributed by atoms with Gasteiger partial charge in [-0.3, -0.25) is 10.8 Å². The zero-order chi connectivity index (χ0) is 16.0. The van der Waals surface area contributed by atoms with Gasteiger partial charge in [-0.25, -0.2) is 4.39 Å². The summed E-state index contributed by atoms with van der Waals surface area (Å²) in [7, 11) is 0. The van der Waals surface area contributed by atoms with Gasteiger partial charge in [0.1, 0.15) is 23.3 Å². The summed E-state index contributed by atoms with van der Waals surface area (Å²) in [6.07, 6.45) is -4.56. The first-order valence-corrected chi connectivity index (χ1v) is 5.30. The number of hydrogen-bond acceptors (Lipinski definition) is 5. The lowest BCUT2D eigenvalue weighted by atomic mass is 10.3. The first-order valence-electron chi connectivity index (χ1n) is 5.30.